The molecule has 6 nitrogen and oxygen atoms in total. The topological polar surface area (TPSA) is 105 Å². The zero-order valence-electron chi connectivity index (χ0n) is 9.48. The maximum absolute atomic E-state index is 11.4. The molecule has 0 amide bonds. The van der Waals surface area contributed by atoms with Crippen LogP contribution in [-0.2, 0) is 10.0 Å². The molecule has 0 aromatic heterocycles. The van der Waals surface area contributed by atoms with Crippen LogP contribution in [0.1, 0.15) is 27.7 Å². The van der Waals surface area contributed by atoms with E-state index in [1.54, 1.807) is 27.7 Å². The van der Waals surface area contributed by atoms with Gasteiger partial charge in [0.05, 0.1) is 5.25 Å². The predicted octanol–water partition coefficient (Wildman–Crippen LogP) is 0.0868. The molecule has 0 unspecified atom stereocenters. The lowest BCUT2D eigenvalue weighted by Gasteiger charge is -2.23. The van der Waals surface area contributed by atoms with Crippen LogP contribution < -0.4 is 10.5 Å². The van der Waals surface area contributed by atoms with E-state index in [0.29, 0.717) is 0 Å². The van der Waals surface area contributed by atoms with Gasteiger partial charge < -0.3 is 10.9 Å². The number of nitrogens with two attached hydrogens (primary N) is 1. The van der Waals surface area contributed by atoms with Gasteiger partial charge in [-0.3, -0.25) is 0 Å². The molecule has 0 rings (SSSR count). The summed E-state index contributed by atoms with van der Waals surface area (Å²) in [5.74, 6) is -0.00560. The fourth-order valence-corrected chi connectivity index (χ4v) is 1.57. The Labute approximate surface area is 90.6 Å². The summed E-state index contributed by atoms with van der Waals surface area (Å²) in [4.78, 5) is 0. The smallest absolute Gasteiger partial charge is 0.213 e. The predicted molar refractivity (Wildman–Crippen MR) is 59.2 cm³/mol. The third-order valence-corrected chi connectivity index (χ3v) is 3.92. The average Bonchev–Trinajstić information content (AvgIpc) is 2.13. The second-order valence-electron chi connectivity index (χ2n) is 4.28. The van der Waals surface area contributed by atoms with Crippen molar-refractivity contribution in [2.45, 2.75) is 32.9 Å². The molecule has 0 radical (unpaired) electrons. The van der Waals surface area contributed by atoms with Gasteiger partial charge >= 0.3 is 0 Å². The van der Waals surface area contributed by atoms with Crippen molar-refractivity contribution < 1.29 is 13.6 Å². The van der Waals surface area contributed by atoms with Gasteiger partial charge in [-0.15, -0.1) is 0 Å². The van der Waals surface area contributed by atoms with E-state index in [-0.39, 0.29) is 12.4 Å². The highest BCUT2D eigenvalue weighted by molar-refractivity contribution is 7.90. The molecule has 0 saturated heterocycles. The molecular weight excluding hydrogens is 218 g/mol. The maximum Gasteiger partial charge on any atom is 0.213 e. The van der Waals surface area contributed by atoms with E-state index < -0.39 is 20.7 Å². The zero-order chi connectivity index (χ0) is 12.3. The highest BCUT2D eigenvalue weighted by atomic mass is 32.2. The van der Waals surface area contributed by atoms with Gasteiger partial charge in [-0.25, -0.2) is 13.1 Å². The monoisotopic (exact) mass is 237 g/mol. The largest absolute Gasteiger partial charge is 0.409 e. The molecule has 7 heteroatoms. The lowest BCUT2D eigenvalue weighted by atomic mass is 9.93. The summed E-state index contributed by atoms with van der Waals surface area (Å²) in [6.07, 6.45) is 0. The third kappa shape index (κ3) is 4.05. The van der Waals surface area contributed by atoms with Gasteiger partial charge in [0.1, 0.15) is 5.84 Å². The van der Waals surface area contributed by atoms with Crippen molar-refractivity contribution in [2.24, 2.45) is 16.3 Å². The summed E-state index contributed by atoms with van der Waals surface area (Å²) in [7, 11) is -3.32. The van der Waals surface area contributed by atoms with Crippen LogP contribution in [0.4, 0.5) is 0 Å². The Morgan fingerprint density at radius 2 is 2.00 bits per heavy atom. The van der Waals surface area contributed by atoms with Crippen molar-refractivity contribution in [1.29, 1.82) is 0 Å². The first-order chi connectivity index (χ1) is 6.63. The fourth-order valence-electron chi connectivity index (χ4n) is 0.674. The van der Waals surface area contributed by atoms with Crippen LogP contribution in [0.15, 0.2) is 5.16 Å². The minimum absolute atomic E-state index is 0.00560. The molecule has 0 heterocycles. The fraction of sp³-hybridized carbons (Fsp3) is 0.875. The first kappa shape index (κ1) is 14.2. The third-order valence-electron chi connectivity index (χ3n) is 2.14. The maximum atomic E-state index is 11.4. The van der Waals surface area contributed by atoms with E-state index in [2.05, 4.69) is 9.88 Å². The van der Waals surface area contributed by atoms with Crippen LogP contribution >= 0.6 is 0 Å². The van der Waals surface area contributed by atoms with E-state index in [9.17, 15) is 8.42 Å². The van der Waals surface area contributed by atoms with Crippen molar-refractivity contribution in [3.8, 4) is 0 Å². The van der Waals surface area contributed by atoms with Gasteiger partial charge in [0.15, 0.2) is 0 Å². The van der Waals surface area contributed by atoms with Crippen LogP contribution in [0.25, 0.3) is 0 Å². The van der Waals surface area contributed by atoms with Crippen LogP contribution in [0, 0.1) is 5.41 Å². The highest BCUT2D eigenvalue weighted by Crippen LogP contribution is 2.14. The first-order valence-electron chi connectivity index (χ1n) is 4.60. The number of nitrogens with zero attached hydrogens (tertiary/aromatic N) is 1. The molecule has 0 bridgehead atoms. The average molecular weight is 237 g/mol. The van der Waals surface area contributed by atoms with Crippen LogP contribution in [0.2, 0.25) is 0 Å². The van der Waals surface area contributed by atoms with E-state index in [1.807, 2.05) is 0 Å². The quantitative estimate of drug-likeness (QED) is 0.273. The minimum atomic E-state index is -3.32. The number of hydrogen-bond acceptors (Lipinski definition) is 4. The molecule has 15 heavy (non-hydrogen) atoms. The van der Waals surface area contributed by atoms with E-state index in [4.69, 9.17) is 10.9 Å². The molecule has 0 aliphatic heterocycles. The second-order valence-corrected chi connectivity index (χ2v) is 6.61. The SMILES string of the molecule is CC(C)S(=O)(=O)NCC(C)(C)C(N)=NO. The molecule has 0 fully saturated rings. The summed E-state index contributed by atoms with van der Waals surface area (Å²) in [6.45, 7) is 6.64. The minimum Gasteiger partial charge on any atom is -0.409 e. The van der Waals surface area contributed by atoms with Crippen molar-refractivity contribution in [3.05, 3.63) is 0 Å². The van der Waals surface area contributed by atoms with Crippen molar-refractivity contribution in [1.82, 2.24) is 4.72 Å². The number of hydrogen-bond donors (Lipinski definition) is 3. The Kier molecular flexibility index (Phi) is 4.54. The normalized spacial score (nSPS) is 14.6. The Bertz CT molecular complexity index is 333. The first-order valence-corrected chi connectivity index (χ1v) is 6.14. The second kappa shape index (κ2) is 4.80. The van der Waals surface area contributed by atoms with Crippen molar-refractivity contribution >= 4 is 15.9 Å². The van der Waals surface area contributed by atoms with Crippen LogP contribution in [0.5, 0.6) is 0 Å². The zero-order valence-corrected chi connectivity index (χ0v) is 10.3. The van der Waals surface area contributed by atoms with E-state index >= 15 is 0 Å². The van der Waals surface area contributed by atoms with Crippen LogP contribution in [0.3, 0.4) is 0 Å². The van der Waals surface area contributed by atoms with Gasteiger partial charge in [-0.2, -0.15) is 0 Å². The lowest BCUT2D eigenvalue weighted by Crippen LogP contribution is -2.44. The van der Waals surface area contributed by atoms with Gasteiger partial charge in [-0.1, -0.05) is 19.0 Å². The van der Waals surface area contributed by atoms with Gasteiger partial charge in [0, 0.05) is 12.0 Å². The lowest BCUT2D eigenvalue weighted by molar-refractivity contribution is 0.307. The highest BCUT2D eigenvalue weighted by Gasteiger charge is 2.26. The standard InChI is InChI=1S/C8H19N3O3S/c1-6(2)15(13,14)10-5-8(3,4)7(9)11-12/h6,10,12H,5H2,1-4H3,(H2,9,11). The van der Waals surface area contributed by atoms with Crippen LogP contribution in [-0.4, -0.2) is 31.3 Å². The Morgan fingerprint density at radius 3 is 2.33 bits per heavy atom. The number of nitrogens with one attached hydrogen (secondary N) is 1. The number of amidine groups is 1. The molecule has 90 valence electrons. The molecule has 0 aliphatic rings. The van der Waals surface area contributed by atoms with E-state index in [0.717, 1.165) is 0 Å². The number of rotatable bonds is 5. The molecule has 0 aromatic rings. The molecule has 0 aromatic carbocycles. The summed E-state index contributed by atoms with van der Waals surface area (Å²) in [6, 6.07) is 0. The summed E-state index contributed by atoms with van der Waals surface area (Å²) < 4.78 is 25.3. The Hall–Kier alpha value is -0.820. The van der Waals surface area contributed by atoms with Crippen molar-refractivity contribution in [2.75, 3.05) is 6.54 Å². The van der Waals surface area contributed by atoms with Gasteiger partial charge in [0.2, 0.25) is 10.0 Å². The molecule has 0 aliphatic carbocycles. The van der Waals surface area contributed by atoms with E-state index in [1.165, 1.54) is 0 Å². The summed E-state index contributed by atoms with van der Waals surface area (Å²) in [5.41, 5.74) is 4.71. The molecule has 0 saturated carbocycles. The van der Waals surface area contributed by atoms with Gasteiger partial charge in [0.25, 0.3) is 0 Å². The molecule has 0 spiro atoms. The molecule has 0 atom stereocenters. The number of oxime groups is 1. The molecular formula is C8H19N3O3S. The van der Waals surface area contributed by atoms with Gasteiger partial charge in [-0.05, 0) is 13.8 Å². The summed E-state index contributed by atoms with van der Waals surface area (Å²) >= 11 is 0. The number of sulfonamides is 1. The van der Waals surface area contributed by atoms with Crippen molar-refractivity contribution in [3.63, 3.8) is 0 Å². The summed E-state index contributed by atoms with van der Waals surface area (Å²) in [5, 5.41) is 10.9. The Morgan fingerprint density at radius 1 is 1.53 bits per heavy atom. The Balaban J connectivity index is 4.54. The molecule has 4 N–H and O–H groups in total.